The number of rotatable bonds is 7. The first-order chi connectivity index (χ1) is 13.1. The molecule has 0 fully saturated rings. The summed E-state index contributed by atoms with van der Waals surface area (Å²) in [6, 6.07) is 15.0. The molecule has 1 heterocycles. The number of benzene rings is 2. The summed E-state index contributed by atoms with van der Waals surface area (Å²) in [5, 5.41) is 13.0. The van der Waals surface area contributed by atoms with Crippen LogP contribution in [0.2, 0.25) is 5.02 Å². The second kappa shape index (κ2) is 9.06. The van der Waals surface area contributed by atoms with E-state index in [4.69, 9.17) is 11.6 Å². The Bertz CT molecular complexity index is 941. The topological polar surface area (TPSA) is 59.8 Å². The number of carbonyl (C=O) groups is 1. The molecule has 27 heavy (non-hydrogen) atoms. The van der Waals surface area contributed by atoms with Gasteiger partial charge in [0.25, 0.3) is 5.91 Å². The Morgan fingerprint density at radius 3 is 2.74 bits per heavy atom. The second-order valence-corrected chi connectivity index (χ2v) is 7.61. The molecular weight excluding hydrogens is 380 g/mol. The minimum atomic E-state index is -0.137. The van der Waals surface area contributed by atoms with Crippen LogP contribution in [-0.4, -0.2) is 26.4 Å². The number of carbonyl (C=O) groups excluding carboxylic acids is 1. The maximum atomic E-state index is 12.5. The van der Waals surface area contributed by atoms with Crippen LogP contribution in [0.15, 0.2) is 53.7 Å². The van der Waals surface area contributed by atoms with Gasteiger partial charge in [0.1, 0.15) is 0 Å². The molecule has 1 N–H and O–H groups in total. The maximum Gasteiger partial charge on any atom is 0.251 e. The van der Waals surface area contributed by atoms with Gasteiger partial charge >= 0.3 is 0 Å². The number of nitrogens with one attached hydrogen (secondary N) is 1. The second-order valence-electron chi connectivity index (χ2n) is 6.11. The SMILES string of the molecule is CCCSc1nnc(CNC(=O)c2cccc(C)c2)n1-c1cccc(Cl)c1. The lowest BCUT2D eigenvalue weighted by Crippen LogP contribution is -2.24. The van der Waals surface area contributed by atoms with Crippen LogP contribution in [0.25, 0.3) is 5.69 Å². The Hall–Kier alpha value is -2.31. The van der Waals surface area contributed by atoms with Crippen LogP contribution in [-0.2, 0) is 6.54 Å². The molecule has 0 radical (unpaired) electrons. The van der Waals surface area contributed by atoms with Gasteiger partial charge in [-0.2, -0.15) is 0 Å². The summed E-state index contributed by atoms with van der Waals surface area (Å²) in [6.45, 7) is 4.36. The van der Waals surface area contributed by atoms with Crippen molar-refractivity contribution in [3.05, 3.63) is 70.5 Å². The third-order valence-corrected chi connectivity index (χ3v) is 5.26. The van der Waals surface area contributed by atoms with Crippen molar-refractivity contribution in [3.8, 4) is 5.69 Å². The normalized spacial score (nSPS) is 10.8. The number of aromatic nitrogens is 3. The zero-order valence-corrected chi connectivity index (χ0v) is 16.8. The lowest BCUT2D eigenvalue weighted by Gasteiger charge is -2.11. The van der Waals surface area contributed by atoms with Crippen LogP contribution in [0, 0.1) is 6.92 Å². The van der Waals surface area contributed by atoms with Crippen molar-refractivity contribution >= 4 is 29.3 Å². The van der Waals surface area contributed by atoms with Crippen molar-refractivity contribution < 1.29 is 4.79 Å². The molecule has 2 aromatic carbocycles. The van der Waals surface area contributed by atoms with Crippen molar-refractivity contribution in [3.63, 3.8) is 0 Å². The smallest absolute Gasteiger partial charge is 0.251 e. The summed E-state index contributed by atoms with van der Waals surface area (Å²) in [5.41, 5.74) is 2.55. The van der Waals surface area contributed by atoms with Gasteiger partial charge in [-0.1, -0.05) is 54.0 Å². The van der Waals surface area contributed by atoms with Gasteiger partial charge in [0.15, 0.2) is 11.0 Å². The molecule has 0 aliphatic heterocycles. The van der Waals surface area contributed by atoms with E-state index < -0.39 is 0 Å². The van der Waals surface area contributed by atoms with Gasteiger partial charge in [-0.3, -0.25) is 9.36 Å². The third-order valence-electron chi connectivity index (χ3n) is 3.89. The van der Waals surface area contributed by atoms with E-state index in [2.05, 4.69) is 22.4 Å². The molecule has 0 bridgehead atoms. The molecular formula is C20H21ClN4OS. The Morgan fingerprint density at radius 2 is 2.00 bits per heavy atom. The van der Waals surface area contributed by atoms with Gasteiger partial charge in [-0.25, -0.2) is 0 Å². The highest BCUT2D eigenvalue weighted by atomic mass is 35.5. The molecule has 140 valence electrons. The first kappa shape index (κ1) is 19.5. The molecule has 0 aliphatic rings. The van der Waals surface area contributed by atoms with Crippen LogP contribution in [0.5, 0.6) is 0 Å². The number of halogens is 1. The highest BCUT2D eigenvalue weighted by Crippen LogP contribution is 2.24. The van der Waals surface area contributed by atoms with Crippen molar-refractivity contribution in [2.24, 2.45) is 0 Å². The summed E-state index contributed by atoms with van der Waals surface area (Å²) in [6.07, 6.45) is 1.03. The minimum Gasteiger partial charge on any atom is -0.345 e. The first-order valence-corrected chi connectivity index (χ1v) is 10.1. The van der Waals surface area contributed by atoms with Crippen LogP contribution in [0.4, 0.5) is 0 Å². The average molecular weight is 401 g/mol. The predicted molar refractivity (Wildman–Crippen MR) is 110 cm³/mol. The van der Waals surface area contributed by atoms with E-state index in [1.807, 2.05) is 54.0 Å². The van der Waals surface area contributed by atoms with Crippen LogP contribution in [0.3, 0.4) is 0 Å². The van der Waals surface area contributed by atoms with Crippen LogP contribution < -0.4 is 5.32 Å². The molecule has 0 saturated heterocycles. The highest BCUT2D eigenvalue weighted by Gasteiger charge is 2.16. The molecule has 3 rings (SSSR count). The number of thioether (sulfide) groups is 1. The van der Waals surface area contributed by atoms with E-state index in [1.165, 1.54) is 0 Å². The van der Waals surface area contributed by atoms with Crippen LogP contribution >= 0.6 is 23.4 Å². The molecule has 0 saturated carbocycles. The van der Waals surface area contributed by atoms with Gasteiger partial charge in [0.05, 0.1) is 12.2 Å². The highest BCUT2D eigenvalue weighted by molar-refractivity contribution is 7.99. The van der Waals surface area contributed by atoms with Crippen LogP contribution in [0.1, 0.15) is 35.1 Å². The van der Waals surface area contributed by atoms with Crippen molar-refractivity contribution in [2.75, 3.05) is 5.75 Å². The monoisotopic (exact) mass is 400 g/mol. The molecule has 7 heteroatoms. The Labute approximate surface area is 168 Å². The van der Waals surface area contributed by atoms with E-state index in [-0.39, 0.29) is 12.5 Å². The molecule has 5 nitrogen and oxygen atoms in total. The quantitative estimate of drug-likeness (QED) is 0.586. The fourth-order valence-electron chi connectivity index (χ4n) is 2.62. The first-order valence-electron chi connectivity index (χ1n) is 8.76. The Kier molecular flexibility index (Phi) is 6.53. The Balaban J connectivity index is 1.84. The molecule has 0 spiro atoms. The predicted octanol–water partition coefficient (Wildman–Crippen LogP) is 4.66. The number of nitrogens with zero attached hydrogens (tertiary/aromatic N) is 3. The van der Waals surface area contributed by atoms with Gasteiger partial charge in [0, 0.05) is 16.3 Å². The van der Waals surface area contributed by atoms with Crippen molar-refractivity contribution in [1.82, 2.24) is 20.1 Å². The number of aryl methyl sites for hydroxylation is 1. The maximum absolute atomic E-state index is 12.5. The van der Waals surface area contributed by atoms with Crippen molar-refractivity contribution in [2.45, 2.75) is 32.0 Å². The van der Waals surface area contributed by atoms with E-state index in [0.29, 0.717) is 16.4 Å². The van der Waals surface area contributed by atoms with E-state index >= 15 is 0 Å². The largest absolute Gasteiger partial charge is 0.345 e. The van der Waals surface area contributed by atoms with Gasteiger partial charge in [-0.05, 0) is 43.7 Å². The molecule has 1 amide bonds. The summed E-state index contributed by atoms with van der Waals surface area (Å²) in [4.78, 5) is 12.5. The number of hydrogen-bond donors (Lipinski definition) is 1. The summed E-state index contributed by atoms with van der Waals surface area (Å²) >= 11 is 7.80. The number of amides is 1. The molecule has 3 aromatic rings. The zero-order valence-electron chi connectivity index (χ0n) is 15.3. The summed E-state index contributed by atoms with van der Waals surface area (Å²) in [5.74, 6) is 1.47. The van der Waals surface area contributed by atoms with E-state index in [1.54, 1.807) is 17.8 Å². The minimum absolute atomic E-state index is 0.137. The van der Waals surface area contributed by atoms with Crippen molar-refractivity contribution in [1.29, 1.82) is 0 Å². The van der Waals surface area contributed by atoms with E-state index in [0.717, 1.165) is 28.6 Å². The average Bonchev–Trinajstić information content (AvgIpc) is 3.07. The fraction of sp³-hybridized carbons (Fsp3) is 0.250. The standard InChI is InChI=1S/C20H21ClN4OS/c1-3-10-27-20-24-23-18(25(20)17-9-5-8-16(21)12-17)13-22-19(26)15-7-4-6-14(2)11-15/h4-9,11-12H,3,10,13H2,1-2H3,(H,22,26). The molecule has 1 aromatic heterocycles. The third kappa shape index (κ3) is 4.90. The Morgan fingerprint density at radius 1 is 1.19 bits per heavy atom. The lowest BCUT2D eigenvalue weighted by molar-refractivity contribution is 0.0949. The summed E-state index contributed by atoms with van der Waals surface area (Å²) < 4.78 is 1.95. The molecule has 0 aliphatic carbocycles. The number of hydrogen-bond acceptors (Lipinski definition) is 4. The van der Waals surface area contributed by atoms with E-state index in [9.17, 15) is 4.79 Å². The molecule has 0 atom stereocenters. The van der Waals surface area contributed by atoms with Gasteiger partial charge in [-0.15, -0.1) is 10.2 Å². The molecule has 0 unspecified atom stereocenters. The van der Waals surface area contributed by atoms with Gasteiger partial charge < -0.3 is 5.32 Å². The lowest BCUT2D eigenvalue weighted by atomic mass is 10.1. The zero-order chi connectivity index (χ0) is 19.2. The van der Waals surface area contributed by atoms with Gasteiger partial charge in [0.2, 0.25) is 0 Å². The summed E-state index contributed by atoms with van der Waals surface area (Å²) in [7, 11) is 0. The fourth-order valence-corrected chi connectivity index (χ4v) is 3.63.